The molecule has 2 aliphatic rings. The van der Waals surface area contributed by atoms with Crippen molar-refractivity contribution < 1.29 is 9.18 Å². The first kappa shape index (κ1) is 16.8. The number of hydrogen-bond donors (Lipinski definition) is 0. The van der Waals surface area contributed by atoms with Crippen molar-refractivity contribution >= 4 is 34.6 Å². The van der Waals surface area contributed by atoms with Crippen LogP contribution < -0.4 is 4.90 Å². The maximum absolute atomic E-state index is 13.9. The second kappa shape index (κ2) is 7.33. The van der Waals surface area contributed by atoms with E-state index in [2.05, 4.69) is 9.89 Å². The second-order valence-corrected chi connectivity index (χ2v) is 7.16. The van der Waals surface area contributed by atoms with Crippen LogP contribution in [-0.2, 0) is 4.79 Å². The summed E-state index contributed by atoms with van der Waals surface area (Å²) >= 11 is 1.42. The molecule has 0 atom stereocenters. The van der Waals surface area contributed by atoms with Crippen molar-refractivity contribution in [3.63, 3.8) is 0 Å². The van der Waals surface area contributed by atoms with Gasteiger partial charge < -0.3 is 9.80 Å². The Morgan fingerprint density at radius 1 is 0.923 bits per heavy atom. The van der Waals surface area contributed by atoms with Crippen LogP contribution in [0.3, 0.4) is 0 Å². The van der Waals surface area contributed by atoms with Crippen LogP contribution in [0.25, 0.3) is 6.08 Å². The van der Waals surface area contributed by atoms with Crippen molar-refractivity contribution in [1.29, 1.82) is 0 Å². The largest absolute Gasteiger partial charge is 0.366 e. The number of rotatable bonds is 2. The van der Waals surface area contributed by atoms with Crippen LogP contribution in [0.1, 0.15) is 5.56 Å². The number of carbonyl (C=O) groups excluding carboxylic acids is 1. The molecule has 0 aliphatic carbocycles. The maximum Gasteiger partial charge on any atom is 0.286 e. The van der Waals surface area contributed by atoms with E-state index in [0.29, 0.717) is 36.8 Å². The van der Waals surface area contributed by atoms with E-state index in [9.17, 15) is 9.18 Å². The lowest BCUT2D eigenvalue weighted by Crippen LogP contribution is -2.48. The van der Waals surface area contributed by atoms with Crippen LogP contribution in [0.15, 0.2) is 64.5 Å². The van der Waals surface area contributed by atoms with E-state index in [1.807, 2.05) is 47.4 Å². The molecule has 0 bridgehead atoms. The predicted octanol–water partition coefficient (Wildman–Crippen LogP) is 3.62. The van der Waals surface area contributed by atoms with Crippen LogP contribution in [0.5, 0.6) is 0 Å². The lowest BCUT2D eigenvalue weighted by Gasteiger charge is -2.36. The van der Waals surface area contributed by atoms with Crippen molar-refractivity contribution in [1.82, 2.24) is 4.90 Å². The summed E-state index contributed by atoms with van der Waals surface area (Å²) < 4.78 is 13.9. The minimum Gasteiger partial charge on any atom is -0.366 e. The molecule has 1 amide bonds. The number of carbonyl (C=O) groups is 1. The Bertz CT molecular complexity index is 874. The Labute approximate surface area is 156 Å². The normalized spacial score (nSPS) is 19.2. The number of thioether (sulfide) groups is 1. The molecule has 6 heteroatoms. The van der Waals surface area contributed by atoms with Gasteiger partial charge in [0.15, 0.2) is 5.17 Å². The molecule has 2 aliphatic heterocycles. The van der Waals surface area contributed by atoms with E-state index in [1.54, 1.807) is 12.1 Å². The number of amides is 1. The number of amidine groups is 1. The molecular weight excluding hydrogens is 349 g/mol. The maximum atomic E-state index is 13.9. The SMILES string of the molecule is O=C1N=C(N2CCN(c3ccccc3F)CC2)S/C1=C\c1ccccc1. The summed E-state index contributed by atoms with van der Waals surface area (Å²) in [5, 5.41) is 0.741. The van der Waals surface area contributed by atoms with Gasteiger partial charge in [-0.1, -0.05) is 42.5 Å². The summed E-state index contributed by atoms with van der Waals surface area (Å²) in [5.74, 6) is -0.387. The van der Waals surface area contributed by atoms with Crippen LogP contribution in [0, 0.1) is 5.82 Å². The van der Waals surface area contributed by atoms with Gasteiger partial charge >= 0.3 is 0 Å². The van der Waals surface area contributed by atoms with Gasteiger partial charge in [0.25, 0.3) is 5.91 Å². The van der Waals surface area contributed by atoms with Crippen LogP contribution in [0.4, 0.5) is 10.1 Å². The quantitative estimate of drug-likeness (QED) is 0.760. The first-order chi connectivity index (χ1) is 12.7. The minimum atomic E-state index is -0.197. The summed E-state index contributed by atoms with van der Waals surface area (Å²) in [5.41, 5.74) is 1.62. The van der Waals surface area contributed by atoms with Crippen molar-refractivity contribution in [3.8, 4) is 0 Å². The van der Waals surface area contributed by atoms with Crippen LogP contribution in [0.2, 0.25) is 0 Å². The highest BCUT2D eigenvalue weighted by molar-refractivity contribution is 8.18. The van der Waals surface area contributed by atoms with Gasteiger partial charge in [-0.3, -0.25) is 4.79 Å². The van der Waals surface area contributed by atoms with Crippen molar-refractivity contribution in [3.05, 3.63) is 70.9 Å². The molecule has 2 heterocycles. The number of halogens is 1. The Kier molecular flexibility index (Phi) is 4.75. The van der Waals surface area contributed by atoms with Gasteiger partial charge in [-0.2, -0.15) is 4.99 Å². The van der Waals surface area contributed by atoms with E-state index in [1.165, 1.54) is 17.8 Å². The average molecular weight is 367 g/mol. The summed E-state index contributed by atoms with van der Waals surface area (Å²) in [6.07, 6.45) is 1.87. The fourth-order valence-electron chi connectivity index (χ4n) is 3.08. The first-order valence-electron chi connectivity index (χ1n) is 8.53. The molecule has 4 nitrogen and oxygen atoms in total. The van der Waals surface area contributed by atoms with E-state index in [-0.39, 0.29) is 11.7 Å². The third-order valence-electron chi connectivity index (χ3n) is 4.45. The van der Waals surface area contributed by atoms with Crippen LogP contribution in [-0.4, -0.2) is 42.2 Å². The lowest BCUT2D eigenvalue weighted by atomic mass is 10.2. The molecule has 2 aromatic carbocycles. The smallest absolute Gasteiger partial charge is 0.286 e. The highest BCUT2D eigenvalue weighted by Crippen LogP contribution is 2.31. The summed E-state index contributed by atoms with van der Waals surface area (Å²) in [7, 11) is 0. The monoisotopic (exact) mass is 367 g/mol. The number of piperazine rings is 1. The lowest BCUT2D eigenvalue weighted by molar-refractivity contribution is -0.113. The predicted molar refractivity (Wildman–Crippen MR) is 105 cm³/mol. The first-order valence-corrected chi connectivity index (χ1v) is 9.34. The molecule has 4 rings (SSSR count). The number of anilines is 1. The number of para-hydroxylation sites is 1. The molecule has 0 spiro atoms. The third kappa shape index (κ3) is 3.51. The van der Waals surface area contributed by atoms with Gasteiger partial charge in [0, 0.05) is 26.2 Å². The molecule has 0 aromatic heterocycles. The molecule has 0 saturated carbocycles. The number of aliphatic imine (C=N–C) groups is 1. The van der Waals surface area contributed by atoms with E-state index in [0.717, 1.165) is 10.7 Å². The zero-order chi connectivity index (χ0) is 17.9. The molecular formula is C20H18FN3OS. The standard InChI is InChI=1S/C20H18FN3OS/c21-16-8-4-5-9-17(16)23-10-12-24(13-11-23)20-22-19(25)18(26-20)14-15-6-2-1-3-7-15/h1-9,14H,10-13H2/b18-14-. The average Bonchev–Trinajstić information content (AvgIpc) is 3.04. The summed E-state index contributed by atoms with van der Waals surface area (Å²) in [6.45, 7) is 2.83. The highest BCUT2D eigenvalue weighted by Gasteiger charge is 2.28. The van der Waals surface area contributed by atoms with Gasteiger partial charge in [0.1, 0.15) is 5.82 Å². The topological polar surface area (TPSA) is 35.9 Å². The Balaban J connectivity index is 1.41. The fourth-order valence-corrected chi connectivity index (χ4v) is 4.05. The Hall–Kier alpha value is -2.60. The van der Waals surface area contributed by atoms with Crippen molar-refractivity contribution in [2.45, 2.75) is 0 Å². The van der Waals surface area contributed by atoms with E-state index in [4.69, 9.17) is 0 Å². The fraction of sp³-hybridized carbons (Fsp3) is 0.200. The molecule has 2 aromatic rings. The van der Waals surface area contributed by atoms with Crippen molar-refractivity contribution in [2.75, 3.05) is 31.1 Å². The Morgan fingerprint density at radius 3 is 2.31 bits per heavy atom. The van der Waals surface area contributed by atoms with E-state index < -0.39 is 0 Å². The van der Waals surface area contributed by atoms with Gasteiger partial charge in [-0.15, -0.1) is 0 Å². The molecule has 1 fully saturated rings. The van der Waals surface area contributed by atoms with Gasteiger partial charge in [0.05, 0.1) is 10.6 Å². The van der Waals surface area contributed by atoms with Gasteiger partial charge in [-0.05, 0) is 35.5 Å². The van der Waals surface area contributed by atoms with Gasteiger partial charge in [0.2, 0.25) is 0 Å². The number of nitrogens with zero attached hydrogens (tertiary/aromatic N) is 3. The molecule has 0 radical (unpaired) electrons. The second-order valence-electron chi connectivity index (χ2n) is 6.15. The number of hydrogen-bond acceptors (Lipinski definition) is 4. The number of benzene rings is 2. The zero-order valence-electron chi connectivity index (χ0n) is 14.1. The molecule has 0 unspecified atom stereocenters. The van der Waals surface area contributed by atoms with Gasteiger partial charge in [-0.25, -0.2) is 4.39 Å². The Morgan fingerprint density at radius 2 is 1.58 bits per heavy atom. The highest BCUT2D eigenvalue weighted by atomic mass is 32.2. The van der Waals surface area contributed by atoms with E-state index >= 15 is 0 Å². The molecule has 26 heavy (non-hydrogen) atoms. The van der Waals surface area contributed by atoms with Crippen molar-refractivity contribution in [2.24, 2.45) is 4.99 Å². The minimum absolute atomic E-state index is 0.189. The zero-order valence-corrected chi connectivity index (χ0v) is 15.0. The third-order valence-corrected chi connectivity index (χ3v) is 5.49. The molecule has 1 saturated heterocycles. The van der Waals surface area contributed by atoms with Crippen LogP contribution >= 0.6 is 11.8 Å². The summed E-state index contributed by atoms with van der Waals surface area (Å²) in [4.78, 5) is 21.2. The summed E-state index contributed by atoms with van der Waals surface area (Å²) in [6, 6.07) is 16.6. The molecule has 132 valence electrons. The molecule has 0 N–H and O–H groups in total.